The average molecular weight is 226 g/mol. The van der Waals surface area contributed by atoms with Gasteiger partial charge in [-0.15, -0.1) is 0 Å². The average Bonchev–Trinajstić information content (AvgIpc) is 0. The third kappa shape index (κ3) is 294. The Bertz CT molecular complexity index is 13.6. The van der Waals surface area contributed by atoms with Crippen LogP contribution in [0.1, 0.15) is 0 Å². The quantitative estimate of drug-likeness (QED) is 0.423. The first-order valence-corrected chi connectivity index (χ1v) is 0. The van der Waals surface area contributed by atoms with Crippen LogP contribution in [0.4, 0.5) is 0 Å². The monoisotopic (exact) mass is 226 g/mol. The molecule has 0 rings (SSSR count). The predicted molar refractivity (Wildman–Crippen MR) is 25.1 cm³/mol. The minimum Gasteiger partial charge on any atom is -0.870 e. The van der Waals surface area contributed by atoms with Crippen LogP contribution in [0.5, 0.6) is 0 Å². The van der Waals surface area contributed by atoms with Crippen molar-refractivity contribution in [3.8, 4) is 0 Å². The maximum atomic E-state index is 0. The smallest absolute Gasteiger partial charge is 0.870 e. The molecule has 0 spiro atoms. The van der Waals surface area contributed by atoms with Gasteiger partial charge in [-0.05, 0) is 0 Å². The van der Waals surface area contributed by atoms with Gasteiger partial charge in [-0.2, -0.15) is 0 Å². The van der Waals surface area contributed by atoms with E-state index >= 15 is 0 Å². The molecule has 0 saturated heterocycles. The van der Waals surface area contributed by atoms with Crippen molar-refractivity contribution in [2.24, 2.45) is 0 Å². The fraction of sp³-hybridized carbons (Fsp3) is 0. The van der Waals surface area contributed by atoms with Crippen LogP contribution in [-0.2, 0) is 17.1 Å². The van der Waals surface area contributed by atoms with Crippen LogP contribution in [0.3, 0.4) is 0 Å². The summed E-state index contributed by atoms with van der Waals surface area (Å²) in [6.45, 7) is 0. The molecule has 10 heavy (non-hydrogen) atoms. The van der Waals surface area contributed by atoms with Crippen molar-refractivity contribution < 1.29 is 55.4 Å². The second kappa shape index (κ2) is 405. The summed E-state index contributed by atoms with van der Waals surface area (Å²) in [4.78, 5) is 0. The third-order valence-electron chi connectivity index (χ3n) is 0. The Labute approximate surface area is 95.5 Å². The molecule has 0 unspecified atom stereocenters. The zero-order chi connectivity index (χ0) is 0. The molecule has 0 fully saturated rings. The molecule has 0 aromatic heterocycles. The van der Waals surface area contributed by atoms with Crippen LogP contribution in [0.2, 0.25) is 0 Å². The molecule has 7 nitrogen and oxygen atoms in total. The van der Waals surface area contributed by atoms with Gasteiger partial charge in [0, 0.05) is 17.4 Å². The largest absolute Gasteiger partial charge is 2.00 e. The van der Waals surface area contributed by atoms with Crippen molar-refractivity contribution in [3.05, 3.63) is 0 Å². The molecule has 0 heterocycles. The van der Waals surface area contributed by atoms with Crippen molar-refractivity contribution in [1.82, 2.24) is 0 Å². The van der Waals surface area contributed by atoms with Crippen LogP contribution >= 0.6 is 0 Å². The molecule has 0 bridgehead atoms. The van der Waals surface area contributed by atoms with Crippen LogP contribution in [0.25, 0.3) is 0 Å². The summed E-state index contributed by atoms with van der Waals surface area (Å²) in [5, 5.41) is 0. The van der Waals surface area contributed by atoms with Crippen molar-refractivity contribution in [1.29, 1.82) is 0 Å². The van der Waals surface area contributed by atoms with E-state index in [-0.39, 0.29) is 95.8 Å². The third-order valence-corrected chi connectivity index (χ3v) is 0. The fourth-order valence-corrected chi connectivity index (χ4v) is 0. The van der Waals surface area contributed by atoms with E-state index in [9.17, 15) is 0 Å². The van der Waals surface area contributed by atoms with E-state index in [1.807, 2.05) is 0 Å². The molecular formula is H7AlFeMgO7-3. The summed E-state index contributed by atoms with van der Waals surface area (Å²) in [6.07, 6.45) is 0. The van der Waals surface area contributed by atoms with E-state index in [4.69, 9.17) is 0 Å². The summed E-state index contributed by atoms with van der Waals surface area (Å²) in [5.74, 6) is 0. The minimum absolute atomic E-state index is 0. The van der Waals surface area contributed by atoms with Gasteiger partial charge in [0.05, 0.1) is 0 Å². The molecule has 0 aliphatic carbocycles. The molecule has 10 heteroatoms. The molecular weight excluding hydrogens is 219 g/mol. The molecule has 7 N–H and O–H groups in total. The van der Waals surface area contributed by atoms with Crippen LogP contribution in [0.15, 0.2) is 0 Å². The number of rotatable bonds is 0. The molecule has 3 radical (unpaired) electrons. The van der Waals surface area contributed by atoms with Gasteiger partial charge in [0.1, 0.15) is 0 Å². The van der Waals surface area contributed by atoms with E-state index in [2.05, 4.69) is 0 Å². The van der Waals surface area contributed by atoms with Crippen LogP contribution < -0.4 is 0 Å². The standard InChI is InChI=1S/Al.Fe.Mg.7H2O/h;;;7*1H2/q;2*+2;;;;;;;/p-7. The summed E-state index contributed by atoms with van der Waals surface area (Å²) < 4.78 is 0. The van der Waals surface area contributed by atoms with Gasteiger partial charge in [-0.1, -0.05) is 0 Å². The van der Waals surface area contributed by atoms with E-state index in [0.717, 1.165) is 0 Å². The Morgan fingerprint density at radius 3 is 0.400 bits per heavy atom. The zero-order valence-corrected chi connectivity index (χ0v) is 8.44. The van der Waals surface area contributed by atoms with Crippen molar-refractivity contribution in [3.63, 3.8) is 0 Å². The second-order valence-corrected chi connectivity index (χ2v) is 0. The Morgan fingerprint density at radius 1 is 0.400 bits per heavy atom. The molecule has 0 aromatic carbocycles. The van der Waals surface area contributed by atoms with E-state index in [0.29, 0.717) is 0 Å². The van der Waals surface area contributed by atoms with E-state index < -0.39 is 0 Å². The summed E-state index contributed by atoms with van der Waals surface area (Å²) in [7, 11) is 0. The molecule has 0 aliphatic rings. The van der Waals surface area contributed by atoms with Gasteiger partial charge in [0.25, 0.3) is 0 Å². The predicted octanol–water partition coefficient (Wildman–Crippen LogP) is -2.00. The maximum absolute atomic E-state index is 0. The van der Waals surface area contributed by atoms with Crippen molar-refractivity contribution in [2.45, 2.75) is 0 Å². The maximum Gasteiger partial charge on any atom is 2.00 e. The topological polar surface area (TPSA) is 210 Å². The van der Waals surface area contributed by atoms with Gasteiger partial charge in [0.2, 0.25) is 0 Å². The molecule has 0 amide bonds. The Kier molecular flexibility index (Phi) is 21900. The first-order valence-electron chi connectivity index (χ1n) is 0. The summed E-state index contributed by atoms with van der Waals surface area (Å²) in [5.41, 5.74) is 0. The SMILES string of the molecule is [Al].[Fe+2].[Mg+2].[OH-].[OH-].[OH-].[OH-].[OH-].[OH-].[OH-]. The normalized spacial score (nSPS) is 0. The van der Waals surface area contributed by atoms with Gasteiger partial charge in [-0.25, -0.2) is 0 Å². The number of hydrogen-bond acceptors (Lipinski definition) is 7. The summed E-state index contributed by atoms with van der Waals surface area (Å²) >= 11 is 0. The van der Waals surface area contributed by atoms with Crippen molar-refractivity contribution in [2.75, 3.05) is 0 Å². The zero-order valence-electron chi connectivity index (χ0n) is 4.77. The molecule has 0 atom stereocenters. The molecule has 65 valence electrons. The first-order chi connectivity index (χ1) is 0. The van der Waals surface area contributed by atoms with E-state index in [1.54, 1.807) is 0 Å². The van der Waals surface area contributed by atoms with Crippen LogP contribution in [-0.4, -0.2) is 78.7 Å². The van der Waals surface area contributed by atoms with Gasteiger partial charge >= 0.3 is 40.1 Å². The number of hydrogen-bond donors (Lipinski definition) is 0. The van der Waals surface area contributed by atoms with Crippen LogP contribution in [0, 0.1) is 0 Å². The van der Waals surface area contributed by atoms with Gasteiger partial charge in [-0.3, -0.25) is 0 Å². The molecule has 0 aliphatic heterocycles. The van der Waals surface area contributed by atoms with Gasteiger partial charge in [0.15, 0.2) is 0 Å². The fourth-order valence-electron chi connectivity index (χ4n) is 0. The minimum atomic E-state index is 0. The van der Waals surface area contributed by atoms with Gasteiger partial charge < -0.3 is 38.3 Å². The molecule has 0 aromatic rings. The second-order valence-electron chi connectivity index (χ2n) is 0. The Morgan fingerprint density at radius 2 is 0.400 bits per heavy atom. The van der Waals surface area contributed by atoms with Crippen molar-refractivity contribution >= 4 is 40.4 Å². The summed E-state index contributed by atoms with van der Waals surface area (Å²) in [6, 6.07) is 0. The Balaban J connectivity index is 0. The Hall–Kier alpha value is 1.54. The first kappa shape index (κ1) is 542. The van der Waals surface area contributed by atoms with E-state index in [1.165, 1.54) is 0 Å². The molecule has 0 saturated carbocycles.